The number of esters is 1. The van der Waals surface area contributed by atoms with Crippen LogP contribution in [0.2, 0.25) is 0 Å². The summed E-state index contributed by atoms with van der Waals surface area (Å²) in [5.74, 6) is 0.428. The maximum Gasteiger partial charge on any atom is 0.308 e. The number of ether oxygens (including phenoxy) is 1. The first-order valence-corrected chi connectivity index (χ1v) is 10.3. The minimum atomic E-state index is -0.263. The standard InChI is InChI=1S/C23H21N5O4/c1-13-6-7-14(20-26-22(32-27-20)15-9-16(10-15)23(30)31-2)11-17(13)25-21(29)18-12-24-19-5-3-4-8-28(18)19/h3-8,11-12,15-16H,9-10H2,1-2H3,(H,25,29). The molecular weight excluding hydrogens is 410 g/mol. The van der Waals surface area contributed by atoms with Gasteiger partial charge < -0.3 is 14.6 Å². The highest BCUT2D eigenvalue weighted by Crippen LogP contribution is 2.42. The van der Waals surface area contributed by atoms with Crippen molar-refractivity contribution in [2.75, 3.05) is 12.4 Å². The minimum absolute atomic E-state index is 0.0557. The van der Waals surface area contributed by atoms with Crippen LogP contribution >= 0.6 is 0 Å². The highest BCUT2D eigenvalue weighted by atomic mass is 16.5. The topological polar surface area (TPSA) is 112 Å². The van der Waals surface area contributed by atoms with E-state index in [2.05, 4.69) is 20.4 Å². The van der Waals surface area contributed by atoms with Crippen LogP contribution in [0.15, 0.2) is 53.3 Å². The molecule has 1 aromatic carbocycles. The van der Waals surface area contributed by atoms with Gasteiger partial charge in [0.2, 0.25) is 11.7 Å². The molecule has 162 valence electrons. The number of nitrogens with one attached hydrogen (secondary N) is 1. The number of nitrogens with zero attached hydrogens (tertiary/aromatic N) is 4. The summed E-state index contributed by atoms with van der Waals surface area (Å²) >= 11 is 0. The summed E-state index contributed by atoms with van der Waals surface area (Å²) in [5.41, 5.74) is 3.42. The smallest absolute Gasteiger partial charge is 0.308 e. The lowest BCUT2D eigenvalue weighted by Gasteiger charge is -2.30. The molecule has 3 aromatic heterocycles. The van der Waals surface area contributed by atoms with Gasteiger partial charge in [-0.15, -0.1) is 0 Å². The highest BCUT2D eigenvalue weighted by molar-refractivity contribution is 6.04. The maximum absolute atomic E-state index is 12.9. The van der Waals surface area contributed by atoms with Gasteiger partial charge in [0.05, 0.1) is 19.2 Å². The third-order valence-corrected chi connectivity index (χ3v) is 5.86. The summed E-state index contributed by atoms with van der Waals surface area (Å²) in [6.45, 7) is 1.91. The number of anilines is 1. The molecule has 9 heteroatoms. The molecule has 3 heterocycles. The van der Waals surface area contributed by atoms with E-state index in [1.54, 1.807) is 16.8 Å². The highest BCUT2D eigenvalue weighted by Gasteiger charge is 2.39. The van der Waals surface area contributed by atoms with Crippen LogP contribution in [0.3, 0.4) is 0 Å². The first-order valence-electron chi connectivity index (χ1n) is 10.3. The van der Waals surface area contributed by atoms with Gasteiger partial charge in [-0.2, -0.15) is 4.98 Å². The largest absolute Gasteiger partial charge is 0.469 e. The van der Waals surface area contributed by atoms with Crippen molar-refractivity contribution in [3.05, 3.63) is 65.9 Å². The number of methoxy groups -OCH3 is 1. The molecule has 1 fully saturated rings. The van der Waals surface area contributed by atoms with Crippen molar-refractivity contribution in [1.29, 1.82) is 0 Å². The van der Waals surface area contributed by atoms with Crippen molar-refractivity contribution >= 4 is 23.2 Å². The second kappa shape index (κ2) is 7.92. The van der Waals surface area contributed by atoms with E-state index in [1.807, 2.05) is 43.3 Å². The molecule has 1 amide bonds. The average molecular weight is 431 g/mol. The van der Waals surface area contributed by atoms with Crippen molar-refractivity contribution in [2.24, 2.45) is 5.92 Å². The molecule has 0 aliphatic heterocycles. The molecule has 1 aliphatic carbocycles. The van der Waals surface area contributed by atoms with Gasteiger partial charge in [0, 0.05) is 23.4 Å². The Balaban J connectivity index is 1.34. The number of carbonyl (C=O) groups is 2. The predicted molar refractivity (Wildman–Crippen MR) is 115 cm³/mol. The maximum atomic E-state index is 12.9. The summed E-state index contributed by atoms with van der Waals surface area (Å²) in [6, 6.07) is 11.2. The van der Waals surface area contributed by atoms with Crippen LogP contribution in [0.5, 0.6) is 0 Å². The Bertz CT molecular complexity index is 1320. The van der Waals surface area contributed by atoms with Crippen molar-refractivity contribution < 1.29 is 18.8 Å². The second-order valence-corrected chi connectivity index (χ2v) is 7.90. The third kappa shape index (κ3) is 3.51. The third-order valence-electron chi connectivity index (χ3n) is 5.86. The number of hydrogen-bond acceptors (Lipinski definition) is 7. The Kier molecular flexibility index (Phi) is 4.93. The van der Waals surface area contributed by atoms with Crippen LogP contribution < -0.4 is 5.32 Å². The number of hydrogen-bond donors (Lipinski definition) is 1. The van der Waals surface area contributed by atoms with Gasteiger partial charge in [-0.25, -0.2) is 4.98 Å². The fraction of sp³-hybridized carbons (Fsp3) is 0.261. The summed E-state index contributed by atoms with van der Waals surface area (Å²) in [7, 11) is 1.39. The van der Waals surface area contributed by atoms with Crippen molar-refractivity contribution in [2.45, 2.75) is 25.7 Å². The SMILES string of the molecule is COC(=O)C1CC(c2nc(-c3ccc(C)c(NC(=O)c4cnc5ccccn45)c3)no2)C1. The van der Waals surface area contributed by atoms with Crippen LogP contribution in [0.1, 0.15) is 40.7 Å². The van der Waals surface area contributed by atoms with Crippen molar-refractivity contribution in [3.8, 4) is 11.4 Å². The second-order valence-electron chi connectivity index (χ2n) is 7.90. The lowest BCUT2D eigenvalue weighted by molar-refractivity contribution is -0.149. The van der Waals surface area contributed by atoms with E-state index in [1.165, 1.54) is 7.11 Å². The zero-order valence-corrected chi connectivity index (χ0v) is 17.6. The Morgan fingerprint density at radius 3 is 2.88 bits per heavy atom. The molecule has 0 atom stereocenters. The number of fused-ring (bicyclic) bond motifs is 1. The molecule has 9 nitrogen and oxygen atoms in total. The molecule has 0 spiro atoms. The monoisotopic (exact) mass is 431 g/mol. The van der Waals surface area contributed by atoms with Crippen LogP contribution in [-0.4, -0.2) is 38.5 Å². The van der Waals surface area contributed by atoms with E-state index < -0.39 is 0 Å². The van der Waals surface area contributed by atoms with Gasteiger partial charge in [0.15, 0.2) is 0 Å². The Morgan fingerprint density at radius 2 is 2.06 bits per heavy atom. The number of imidazole rings is 1. The molecule has 0 unspecified atom stereocenters. The van der Waals surface area contributed by atoms with Crippen LogP contribution in [0.25, 0.3) is 17.0 Å². The lowest BCUT2D eigenvalue weighted by atomic mass is 9.75. The average Bonchev–Trinajstić information content (AvgIpc) is 3.41. The summed E-state index contributed by atoms with van der Waals surface area (Å²) < 4.78 is 11.9. The molecule has 0 radical (unpaired) electrons. The van der Waals surface area contributed by atoms with Crippen LogP contribution in [0.4, 0.5) is 5.69 Å². The zero-order chi connectivity index (χ0) is 22.2. The van der Waals surface area contributed by atoms with Gasteiger partial charge >= 0.3 is 5.97 Å². The first kappa shape index (κ1) is 19.9. The molecular formula is C23H21N5O4. The Morgan fingerprint density at radius 1 is 1.22 bits per heavy atom. The molecule has 0 saturated heterocycles. The predicted octanol–water partition coefficient (Wildman–Crippen LogP) is 3.61. The van der Waals surface area contributed by atoms with E-state index in [0.717, 1.165) is 11.1 Å². The van der Waals surface area contributed by atoms with Gasteiger partial charge in [-0.3, -0.25) is 14.0 Å². The number of rotatable bonds is 5. The first-order chi connectivity index (χ1) is 15.5. The number of carbonyl (C=O) groups excluding carboxylic acids is 2. The molecule has 1 saturated carbocycles. The van der Waals surface area contributed by atoms with Crippen molar-refractivity contribution in [3.63, 3.8) is 0 Å². The summed E-state index contributed by atoms with van der Waals surface area (Å²) in [5, 5.41) is 7.05. The van der Waals surface area contributed by atoms with E-state index in [4.69, 9.17) is 9.26 Å². The fourth-order valence-electron chi connectivity index (χ4n) is 3.88. The van der Waals surface area contributed by atoms with Crippen molar-refractivity contribution in [1.82, 2.24) is 19.5 Å². The number of pyridine rings is 1. The number of aromatic nitrogens is 4. The Hall–Kier alpha value is -4.01. The van der Waals surface area contributed by atoms with E-state index >= 15 is 0 Å². The molecule has 4 aromatic rings. The van der Waals surface area contributed by atoms with Gasteiger partial charge in [0.1, 0.15) is 11.3 Å². The van der Waals surface area contributed by atoms with Crippen LogP contribution in [0, 0.1) is 12.8 Å². The lowest BCUT2D eigenvalue weighted by Crippen LogP contribution is -2.30. The fourth-order valence-corrected chi connectivity index (χ4v) is 3.88. The van der Waals surface area contributed by atoms with E-state index in [0.29, 0.717) is 41.6 Å². The Labute approximate surface area is 183 Å². The van der Waals surface area contributed by atoms with E-state index in [9.17, 15) is 9.59 Å². The number of benzene rings is 1. The van der Waals surface area contributed by atoms with E-state index in [-0.39, 0.29) is 23.7 Å². The van der Waals surface area contributed by atoms with Gasteiger partial charge in [-0.05, 0) is 43.5 Å². The summed E-state index contributed by atoms with van der Waals surface area (Å²) in [4.78, 5) is 33.2. The summed E-state index contributed by atoms with van der Waals surface area (Å²) in [6.07, 6.45) is 4.63. The molecule has 0 bridgehead atoms. The molecule has 1 N–H and O–H groups in total. The minimum Gasteiger partial charge on any atom is -0.469 e. The molecule has 32 heavy (non-hydrogen) atoms. The zero-order valence-electron chi connectivity index (χ0n) is 17.6. The van der Waals surface area contributed by atoms with Gasteiger partial charge in [0.25, 0.3) is 5.91 Å². The molecule has 1 aliphatic rings. The molecule has 5 rings (SSSR count). The van der Waals surface area contributed by atoms with Gasteiger partial charge in [-0.1, -0.05) is 23.4 Å². The number of aryl methyl sites for hydroxylation is 1. The quantitative estimate of drug-likeness (QED) is 0.480. The normalized spacial score (nSPS) is 17.7. The number of amides is 1. The van der Waals surface area contributed by atoms with Crippen LogP contribution in [-0.2, 0) is 9.53 Å².